The van der Waals surface area contributed by atoms with Crippen molar-refractivity contribution in [2.24, 2.45) is 0 Å². The molecule has 0 saturated carbocycles. The van der Waals surface area contributed by atoms with Gasteiger partial charge >= 0.3 is 6.18 Å². The molecule has 3 rings (SSSR count). The predicted molar refractivity (Wildman–Crippen MR) is 78.9 cm³/mol. The van der Waals surface area contributed by atoms with Crippen LogP contribution in [0.3, 0.4) is 0 Å². The van der Waals surface area contributed by atoms with Crippen LogP contribution in [-0.2, 0) is 6.18 Å². The highest BCUT2D eigenvalue weighted by atomic mass is 19.4. The van der Waals surface area contributed by atoms with Crippen LogP contribution in [-0.4, -0.2) is 12.1 Å². The van der Waals surface area contributed by atoms with Crippen LogP contribution in [0.5, 0.6) is 5.75 Å². The lowest BCUT2D eigenvalue weighted by molar-refractivity contribution is -0.137. The number of aromatic nitrogens is 1. The topological polar surface area (TPSA) is 35.3 Å². The molecule has 0 aliphatic rings. The summed E-state index contributed by atoms with van der Waals surface area (Å²) in [6.07, 6.45) is -2.98. The summed E-state index contributed by atoms with van der Waals surface area (Å²) in [4.78, 5) is 4.12. The smallest absolute Gasteiger partial charge is 0.416 e. The Balaban J connectivity index is 1.92. The number of benzene rings is 2. The predicted octanol–water partition coefficient (Wildman–Crippen LogP) is 5.04. The van der Waals surface area contributed by atoms with Crippen LogP contribution in [0, 0.1) is 0 Å². The largest absolute Gasteiger partial charge is 0.497 e. The molecule has 0 spiro atoms. The van der Waals surface area contributed by atoms with Gasteiger partial charge in [-0.05, 0) is 36.4 Å². The van der Waals surface area contributed by atoms with Crippen molar-refractivity contribution >= 4 is 0 Å². The van der Waals surface area contributed by atoms with Gasteiger partial charge in [-0.15, -0.1) is 0 Å². The number of oxazole rings is 1. The lowest BCUT2D eigenvalue weighted by atomic mass is 10.1. The van der Waals surface area contributed by atoms with E-state index in [2.05, 4.69) is 4.98 Å². The van der Waals surface area contributed by atoms with E-state index in [-0.39, 0.29) is 5.76 Å². The van der Waals surface area contributed by atoms with E-state index in [0.29, 0.717) is 22.8 Å². The van der Waals surface area contributed by atoms with Crippen molar-refractivity contribution in [1.29, 1.82) is 0 Å². The van der Waals surface area contributed by atoms with Gasteiger partial charge in [-0.2, -0.15) is 13.2 Å². The fraction of sp³-hybridized carbons (Fsp3) is 0.118. The number of nitrogens with zero attached hydrogens (tertiary/aromatic N) is 1. The van der Waals surface area contributed by atoms with E-state index in [1.54, 1.807) is 37.4 Å². The summed E-state index contributed by atoms with van der Waals surface area (Å²) in [5, 5.41) is 0. The lowest BCUT2D eigenvalue weighted by Gasteiger charge is -2.07. The summed E-state index contributed by atoms with van der Waals surface area (Å²) in [7, 11) is 1.56. The molecule has 0 amide bonds. The highest BCUT2D eigenvalue weighted by Crippen LogP contribution is 2.33. The van der Waals surface area contributed by atoms with Gasteiger partial charge in [0.25, 0.3) is 0 Å². The second-order valence-corrected chi connectivity index (χ2v) is 4.84. The SMILES string of the molecule is COc1ccc(-c2ncc(-c3cccc(C(F)(F)F)c3)o2)cc1. The molecule has 0 radical (unpaired) electrons. The van der Waals surface area contributed by atoms with Crippen molar-refractivity contribution in [3.05, 3.63) is 60.3 Å². The molecule has 0 unspecified atom stereocenters. The van der Waals surface area contributed by atoms with Gasteiger partial charge in [0.2, 0.25) is 5.89 Å². The van der Waals surface area contributed by atoms with Gasteiger partial charge in [-0.1, -0.05) is 12.1 Å². The molecular formula is C17H12F3NO2. The minimum Gasteiger partial charge on any atom is -0.497 e. The van der Waals surface area contributed by atoms with E-state index in [9.17, 15) is 13.2 Å². The quantitative estimate of drug-likeness (QED) is 0.678. The average Bonchev–Trinajstić information content (AvgIpc) is 3.04. The molecule has 0 bridgehead atoms. The van der Waals surface area contributed by atoms with Crippen molar-refractivity contribution in [1.82, 2.24) is 4.98 Å². The van der Waals surface area contributed by atoms with Crippen LogP contribution in [0.15, 0.2) is 59.1 Å². The molecule has 3 nitrogen and oxygen atoms in total. The van der Waals surface area contributed by atoms with Crippen LogP contribution in [0.2, 0.25) is 0 Å². The fourth-order valence-corrected chi connectivity index (χ4v) is 2.12. The number of hydrogen-bond acceptors (Lipinski definition) is 3. The minimum atomic E-state index is -4.39. The number of alkyl halides is 3. The summed E-state index contributed by atoms with van der Waals surface area (Å²) < 4.78 is 48.9. The molecule has 0 N–H and O–H groups in total. The highest BCUT2D eigenvalue weighted by Gasteiger charge is 2.30. The van der Waals surface area contributed by atoms with Gasteiger partial charge in [0, 0.05) is 11.1 Å². The first-order valence-corrected chi connectivity index (χ1v) is 6.75. The molecule has 0 saturated heterocycles. The van der Waals surface area contributed by atoms with E-state index >= 15 is 0 Å². The molecule has 0 atom stereocenters. The third kappa shape index (κ3) is 3.21. The molecule has 2 aromatic carbocycles. The van der Waals surface area contributed by atoms with Crippen LogP contribution in [0.25, 0.3) is 22.8 Å². The van der Waals surface area contributed by atoms with Crippen molar-refractivity contribution in [2.75, 3.05) is 7.11 Å². The Labute approximate surface area is 130 Å². The second-order valence-electron chi connectivity index (χ2n) is 4.84. The summed E-state index contributed by atoms with van der Waals surface area (Å²) in [6, 6.07) is 12.0. The monoisotopic (exact) mass is 319 g/mol. The van der Waals surface area contributed by atoms with E-state index < -0.39 is 11.7 Å². The number of ether oxygens (including phenoxy) is 1. The van der Waals surface area contributed by atoms with Gasteiger partial charge in [0.1, 0.15) is 5.75 Å². The first-order chi connectivity index (χ1) is 11.0. The maximum absolute atomic E-state index is 12.8. The summed E-state index contributed by atoms with van der Waals surface area (Å²) in [5.41, 5.74) is 0.313. The standard InChI is InChI=1S/C17H12F3NO2/c1-22-14-7-5-11(6-8-14)16-21-10-15(23-16)12-3-2-4-13(9-12)17(18,19)20/h2-10H,1H3. The highest BCUT2D eigenvalue weighted by molar-refractivity contribution is 5.62. The zero-order valence-corrected chi connectivity index (χ0v) is 12.1. The zero-order chi connectivity index (χ0) is 16.4. The first kappa shape index (κ1) is 15.1. The first-order valence-electron chi connectivity index (χ1n) is 6.75. The molecule has 6 heteroatoms. The van der Waals surface area contributed by atoms with E-state index in [1.165, 1.54) is 12.3 Å². The molecule has 118 valence electrons. The summed E-state index contributed by atoms with van der Waals surface area (Å²) in [5.74, 6) is 1.31. The Morgan fingerprint density at radius 3 is 2.39 bits per heavy atom. The normalized spacial score (nSPS) is 11.5. The molecule has 1 aromatic heterocycles. The maximum Gasteiger partial charge on any atom is 0.416 e. The molecule has 1 heterocycles. The molecule has 0 aliphatic heterocycles. The molecular weight excluding hydrogens is 307 g/mol. The number of methoxy groups -OCH3 is 1. The Morgan fingerprint density at radius 2 is 1.74 bits per heavy atom. The van der Waals surface area contributed by atoms with E-state index in [1.807, 2.05) is 0 Å². The van der Waals surface area contributed by atoms with Gasteiger partial charge in [-0.3, -0.25) is 0 Å². The lowest BCUT2D eigenvalue weighted by Crippen LogP contribution is -2.04. The number of halogens is 3. The third-order valence-corrected chi connectivity index (χ3v) is 3.32. The average molecular weight is 319 g/mol. The van der Waals surface area contributed by atoms with Gasteiger partial charge in [0.15, 0.2) is 5.76 Å². The van der Waals surface area contributed by atoms with Crippen LogP contribution < -0.4 is 4.74 Å². The van der Waals surface area contributed by atoms with Crippen molar-refractivity contribution in [2.45, 2.75) is 6.18 Å². The Morgan fingerprint density at radius 1 is 1.00 bits per heavy atom. The van der Waals surface area contributed by atoms with Crippen LogP contribution in [0.4, 0.5) is 13.2 Å². The Bertz CT molecular complexity index is 807. The van der Waals surface area contributed by atoms with Crippen LogP contribution >= 0.6 is 0 Å². The van der Waals surface area contributed by atoms with Crippen molar-refractivity contribution < 1.29 is 22.3 Å². The molecule has 23 heavy (non-hydrogen) atoms. The third-order valence-electron chi connectivity index (χ3n) is 3.32. The van der Waals surface area contributed by atoms with Gasteiger partial charge in [0.05, 0.1) is 18.9 Å². The molecule has 0 aliphatic carbocycles. The second kappa shape index (κ2) is 5.79. The number of hydrogen-bond donors (Lipinski definition) is 0. The fourth-order valence-electron chi connectivity index (χ4n) is 2.12. The van der Waals surface area contributed by atoms with E-state index in [0.717, 1.165) is 12.1 Å². The minimum absolute atomic E-state index is 0.280. The van der Waals surface area contributed by atoms with Crippen molar-refractivity contribution in [3.63, 3.8) is 0 Å². The van der Waals surface area contributed by atoms with Gasteiger partial charge < -0.3 is 9.15 Å². The molecule has 3 aromatic rings. The Hall–Kier alpha value is -2.76. The summed E-state index contributed by atoms with van der Waals surface area (Å²) in [6.45, 7) is 0. The maximum atomic E-state index is 12.8. The zero-order valence-electron chi connectivity index (χ0n) is 12.1. The Kier molecular flexibility index (Phi) is 3.82. The van der Waals surface area contributed by atoms with Gasteiger partial charge in [-0.25, -0.2) is 4.98 Å². The summed E-state index contributed by atoms with van der Waals surface area (Å²) >= 11 is 0. The van der Waals surface area contributed by atoms with E-state index in [4.69, 9.17) is 9.15 Å². The van der Waals surface area contributed by atoms with Crippen molar-refractivity contribution in [3.8, 4) is 28.5 Å². The molecule has 0 fully saturated rings. The van der Waals surface area contributed by atoms with Crippen LogP contribution in [0.1, 0.15) is 5.56 Å². The number of rotatable bonds is 3.